The van der Waals surface area contributed by atoms with Crippen molar-refractivity contribution in [1.29, 1.82) is 5.26 Å². The third-order valence-electron chi connectivity index (χ3n) is 5.77. The molecule has 1 aliphatic heterocycles. The fourth-order valence-electron chi connectivity index (χ4n) is 4.21. The van der Waals surface area contributed by atoms with Gasteiger partial charge in [0.15, 0.2) is 12.0 Å². The minimum absolute atomic E-state index is 0.199. The lowest BCUT2D eigenvalue weighted by Crippen LogP contribution is -2.27. The molecule has 0 bridgehead atoms. The molecule has 0 spiro atoms. The molecule has 8 heteroatoms. The molecular weight excluding hydrogens is 490 g/mol. The molecule has 1 aliphatic rings. The summed E-state index contributed by atoms with van der Waals surface area (Å²) in [6.45, 7) is 3.91. The van der Waals surface area contributed by atoms with Gasteiger partial charge in [0.1, 0.15) is 24.0 Å². The number of nitrogens with two attached hydrogens (primary N) is 1. The zero-order valence-electron chi connectivity index (χ0n) is 18.6. The van der Waals surface area contributed by atoms with Crippen molar-refractivity contribution in [2.24, 2.45) is 5.10 Å². The Morgan fingerprint density at radius 1 is 1.09 bits per heavy atom. The summed E-state index contributed by atoms with van der Waals surface area (Å²) in [5, 5.41) is 14.9. The summed E-state index contributed by atoms with van der Waals surface area (Å²) in [7, 11) is 0. The van der Waals surface area contributed by atoms with Crippen molar-refractivity contribution in [1.82, 2.24) is 14.5 Å². The number of nitrogen functional groups attached to an aromatic ring is 1. The van der Waals surface area contributed by atoms with Gasteiger partial charge < -0.3 is 5.73 Å². The molecule has 34 heavy (non-hydrogen) atoms. The fourth-order valence-corrected chi connectivity index (χ4v) is 4.47. The van der Waals surface area contributed by atoms with Gasteiger partial charge in [0.2, 0.25) is 0 Å². The van der Waals surface area contributed by atoms with E-state index in [2.05, 4.69) is 32.0 Å². The minimum Gasteiger partial charge on any atom is -0.383 e. The molecule has 1 atom stereocenters. The lowest BCUT2D eigenvalue weighted by Gasteiger charge is -2.15. The highest BCUT2D eigenvalue weighted by Gasteiger charge is 2.40. The van der Waals surface area contributed by atoms with Crippen LogP contribution < -0.4 is 5.73 Å². The van der Waals surface area contributed by atoms with Gasteiger partial charge in [-0.05, 0) is 49.7 Å². The molecule has 2 aromatic heterocycles. The molecule has 4 aromatic rings. The second-order valence-corrected chi connectivity index (χ2v) is 8.99. The summed E-state index contributed by atoms with van der Waals surface area (Å²) in [5.74, 6) is 0.737. The first kappa shape index (κ1) is 21.7. The first-order chi connectivity index (χ1) is 16.5. The third-order valence-corrected chi connectivity index (χ3v) is 6.30. The number of imidazole rings is 1. The molecule has 2 aromatic carbocycles. The van der Waals surface area contributed by atoms with Crippen molar-refractivity contribution >= 4 is 39.0 Å². The number of hydrazone groups is 1. The molecule has 2 N–H and O–H groups in total. The van der Waals surface area contributed by atoms with E-state index in [0.717, 1.165) is 38.5 Å². The summed E-state index contributed by atoms with van der Waals surface area (Å²) in [6, 6.07) is 22.0. The number of nitriles is 1. The van der Waals surface area contributed by atoms with Crippen LogP contribution >= 0.6 is 15.9 Å². The number of aromatic nitrogens is 3. The predicted molar refractivity (Wildman–Crippen MR) is 136 cm³/mol. The number of benzene rings is 2. The topological polar surface area (TPSA) is 95.9 Å². The highest BCUT2D eigenvalue weighted by atomic mass is 79.9. The van der Waals surface area contributed by atoms with Crippen LogP contribution in [0.3, 0.4) is 0 Å². The first-order valence-electron chi connectivity index (χ1n) is 10.7. The van der Waals surface area contributed by atoms with E-state index in [1.54, 1.807) is 6.33 Å². The van der Waals surface area contributed by atoms with E-state index in [4.69, 9.17) is 10.8 Å². The van der Waals surface area contributed by atoms with Crippen LogP contribution in [0.15, 0.2) is 82.8 Å². The van der Waals surface area contributed by atoms with E-state index in [1.807, 2.05) is 90.0 Å². The van der Waals surface area contributed by atoms with Crippen LogP contribution in [0.25, 0.3) is 11.3 Å². The standard InChI is InChI=1S/C26H21BrN7/c1-16-14-33(15-30-16)26-24(17(2)32-34(26)20-6-4-3-5-7-20)21-12-23(31-25(29)22(21)13-28)18-8-10-19(27)11-9-18/h3-12,14-15,24H,1-2H3,(H2,29,31)/q+1. The molecular formula is C26H21BrN7+. The van der Waals surface area contributed by atoms with Crippen molar-refractivity contribution in [2.45, 2.75) is 19.8 Å². The average Bonchev–Trinajstić information content (AvgIpc) is 3.42. The molecule has 0 aliphatic carbocycles. The summed E-state index contributed by atoms with van der Waals surface area (Å²) in [6.07, 6.45) is 3.73. The Hall–Kier alpha value is -4.09. The monoisotopic (exact) mass is 510 g/mol. The number of halogens is 1. The van der Waals surface area contributed by atoms with Gasteiger partial charge in [0.25, 0.3) is 0 Å². The van der Waals surface area contributed by atoms with Gasteiger partial charge in [0, 0.05) is 10.0 Å². The van der Waals surface area contributed by atoms with Gasteiger partial charge in [-0.25, -0.2) is 9.97 Å². The van der Waals surface area contributed by atoms with Gasteiger partial charge in [-0.15, -0.1) is 4.68 Å². The van der Waals surface area contributed by atoms with Gasteiger partial charge in [-0.2, -0.15) is 9.83 Å². The zero-order chi connectivity index (χ0) is 23.8. The molecule has 5 rings (SSSR count). The highest BCUT2D eigenvalue weighted by molar-refractivity contribution is 9.10. The predicted octanol–water partition coefficient (Wildman–Crippen LogP) is 5.23. The summed E-state index contributed by atoms with van der Waals surface area (Å²) in [4.78, 5) is 8.97. The second-order valence-electron chi connectivity index (χ2n) is 8.08. The smallest absolute Gasteiger partial charge is 0.301 e. The largest absolute Gasteiger partial charge is 0.383 e. The number of hydrogen-bond acceptors (Lipinski definition) is 5. The Labute approximate surface area is 205 Å². The van der Waals surface area contributed by atoms with Crippen molar-refractivity contribution in [3.63, 3.8) is 0 Å². The molecule has 0 saturated carbocycles. The van der Waals surface area contributed by atoms with E-state index < -0.39 is 0 Å². The Morgan fingerprint density at radius 2 is 1.82 bits per heavy atom. The molecule has 1 unspecified atom stereocenters. The highest BCUT2D eigenvalue weighted by Crippen LogP contribution is 2.35. The van der Waals surface area contributed by atoms with E-state index in [9.17, 15) is 5.26 Å². The second kappa shape index (κ2) is 8.69. The van der Waals surface area contributed by atoms with Crippen LogP contribution in [-0.4, -0.2) is 30.8 Å². The molecule has 7 nitrogen and oxygen atoms in total. The van der Waals surface area contributed by atoms with E-state index in [1.165, 1.54) is 0 Å². The lowest BCUT2D eigenvalue weighted by atomic mass is 9.89. The number of hydrogen-bond donors (Lipinski definition) is 1. The number of anilines is 1. The van der Waals surface area contributed by atoms with Crippen LogP contribution in [-0.2, 0) is 0 Å². The average molecular weight is 511 g/mol. The maximum Gasteiger partial charge on any atom is 0.301 e. The van der Waals surface area contributed by atoms with Crippen LogP contribution in [0.5, 0.6) is 0 Å². The zero-order valence-corrected chi connectivity index (χ0v) is 20.2. The maximum absolute atomic E-state index is 10.0. The first-order valence-corrected chi connectivity index (χ1v) is 11.5. The normalized spacial score (nSPS) is 15.4. The van der Waals surface area contributed by atoms with E-state index in [0.29, 0.717) is 11.3 Å². The van der Waals surface area contributed by atoms with Crippen molar-refractivity contribution in [2.75, 3.05) is 5.73 Å². The molecule has 166 valence electrons. The Kier molecular flexibility index (Phi) is 5.56. The van der Waals surface area contributed by atoms with Gasteiger partial charge >= 0.3 is 5.84 Å². The van der Waals surface area contributed by atoms with Gasteiger partial charge in [0.05, 0.1) is 22.7 Å². The third kappa shape index (κ3) is 3.80. The van der Waals surface area contributed by atoms with Crippen LogP contribution in [0.2, 0.25) is 0 Å². The molecule has 0 fully saturated rings. The Bertz CT molecular complexity index is 1490. The molecule has 3 heterocycles. The molecule has 0 amide bonds. The summed E-state index contributed by atoms with van der Waals surface area (Å²) in [5.41, 5.74) is 11.7. The maximum atomic E-state index is 10.0. The van der Waals surface area contributed by atoms with Gasteiger partial charge in [-0.1, -0.05) is 51.4 Å². The number of rotatable bonds is 3. The van der Waals surface area contributed by atoms with Crippen LogP contribution in [0, 0.1) is 18.3 Å². The SMILES string of the molecule is CC1=N[N+](c2ccccc2)=C(n2cnc(C)c2)C1c1cc(-c2ccc(Br)cc2)nc(N)c1C#N. The van der Waals surface area contributed by atoms with E-state index in [-0.39, 0.29) is 11.7 Å². The quantitative estimate of drug-likeness (QED) is 0.381. The molecule has 0 radical (unpaired) electrons. The van der Waals surface area contributed by atoms with Crippen molar-refractivity contribution < 1.29 is 4.68 Å². The Balaban J connectivity index is 1.76. The minimum atomic E-state index is -0.317. The number of para-hydroxylation sites is 1. The van der Waals surface area contributed by atoms with Crippen LogP contribution in [0.4, 0.5) is 11.5 Å². The fraction of sp³-hybridized carbons (Fsp3) is 0.115. The van der Waals surface area contributed by atoms with Crippen molar-refractivity contribution in [3.8, 4) is 17.3 Å². The number of aryl methyl sites for hydroxylation is 1. The Morgan fingerprint density at radius 3 is 2.47 bits per heavy atom. The summed E-state index contributed by atoms with van der Waals surface area (Å²) >= 11 is 3.47. The van der Waals surface area contributed by atoms with Gasteiger partial charge in [-0.3, -0.25) is 0 Å². The lowest BCUT2D eigenvalue weighted by molar-refractivity contribution is -0.444. The van der Waals surface area contributed by atoms with E-state index >= 15 is 0 Å². The molecule has 0 saturated heterocycles. The summed E-state index contributed by atoms with van der Waals surface area (Å²) < 4.78 is 4.84. The number of pyridine rings is 1. The number of nitrogens with zero attached hydrogens (tertiary/aromatic N) is 6. The van der Waals surface area contributed by atoms with Crippen molar-refractivity contribution in [3.05, 3.63) is 94.5 Å². The van der Waals surface area contributed by atoms with Crippen LogP contribution in [0.1, 0.15) is 29.7 Å².